The van der Waals surface area contributed by atoms with Crippen molar-refractivity contribution >= 4 is 35.1 Å². The number of pyridine rings is 1. The Bertz CT molecular complexity index is 477. The van der Waals surface area contributed by atoms with Crippen molar-refractivity contribution in [2.24, 2.45) is 5.92 Å². The molecule has 98 valence electrons. The van der Waals surface area contributed by atoms with Crippen molar-refractivity contribution in [3.05, 3.63) is 28.0 Å². The predicted octanol–water partition coefficient (Wildman–Crippen LogP) is 2.23. The van der Waals surface area contributed by atoms with Crippen LogP contribution in [-0.4, -0.2) is 28.0 Å². The number of carbonyl (C=O) groups is 2. The highest BCUT2D eigenvalue weighted by atomic mass is 35.5. The fourth-order valence-electron chi connectivity index (χ4n) is 1.30. The van der Waals surface area contributed by atoms with Crippen LogP contribution in [0.4, 0.5) is 0 Å². The number of carboxylic acid groups (broad SMARTS) is 1. The normalized spacial score (nSPS) is 12.3. The van der Waals surface area contributed by atoms with Gasteiger partial charge in [0.25, 0.3) is 5.91 Å². The van der Waals surface area contributed by atoms with Crippen LogP contribution in [0.15, 0.2) is 12.1 Å². The number of nitrogens with zero attached hydrogens (tertiary/aromatic N) is 1. The summed E-state index contributed by atoms with van der Waals surface area (Å²) in [7, 11) is 0. The maximum absolute atomic E-state index is 11.9. The molecule has 1 aromatic heterocycles. The van der Waals surface area contributed by atoms with Gasteiger partial charge in [-0.15, -0.1) is 0 Å². The Balaban J connectivity index is 2.94. The molecule has 0 saturated carbocycles. The van der Waals surface area contributed by atoms with Gasteiger partial charge in [-0.25, -0.2) is 9.78 Å². The van der Waals surface area contributed by atoms with E-state index in [0.717, 1.165) is 0 Å². The first-order valence-corrected chi connectivity index (χ1v) is 5.94. The van der Waals surface area contributed by atoms with E-state index >= 15 is 0 Å². The zero-order chi connectivity index (χ0) is 13.9. The average Bonchev–Trinajstić information content (AvgIpc) is 2.28. The standard InChI is InChI=1S/C11H12Cl2N2O3/c1-5(2)8(11(17)18)15-10(16)9-6(12)3-4-7(13)14-9/h3-5,8H,1-2H3,(H,15,16)(H,17,18)/t8-/m0/s1. The van der Waals surface area contributed by atoms with E-state index in [-0.39, 0.29) is 21.8 Å². The number of hydrogen-bond acceptors (Lipinski definition) is 3. The highest BCUT2D eigenvalue weighted by Gasteiger charge is 2.25. The summed E-state index contributed by atoms with van der Waals surface area (Å²) in [5.41, 5.74) is -0.0870. The summed E-state index contributed by atoms with van der Waals surface area (Å²) < 4.78 is 0. The Hall–Kier alpha value is -1.33. The van der Waals surface area contributed by atoms with Gasteiger partial charge in [0.15, 0.2) is 0 Å². The number of carboxylic acids is 1. The molecule has 0 spiro atoms. The van der Waals surface area contributed by atoms with Crippen LogP contribution in [0.3, 0.4) is 0 Å². The number of amides is 1. The summed E-state index contributed by atoms with van der Waals surface area (Å²) in [6, 6.07) is 1.86. The van der Waals surface area contributed by atoms with Crippen LogP contribution >= 0.6 is 23.2 Å². The number of nitrogens with one attached hydrogen (secondary N) is 1. The van der Waals surface area contributed by atoms with Crippen LogP contribution in [0.5, 0.6) is 0 Å². The molecule has 18 heavy (non-hydrogen) atoms. The summed E-state index contributed by atoms with van der Waals surface area (Å²) in [5, 5.41) is 11.6. The zero-order valence-corrected chi connectivity index (χ0v) is 11.3. The minimum atomic E-state index is -1.11. The number of rotatable bonds is 4. The van der Waals surface area contributed by atoms with Gasteiger partial charge >= 0.3 is 5.97 Å². The van der Waals surface area contributed by atoms with Gasteiger partial charge in [-0.3, -0.25) is 4.79 Å². The fourth-order valence-corrected chi connectivity index (χ4v) is 1.64. The lowest BCUT2D eigenvalue weighted by Gasteiger charge is -2.17. The molecule has 7 heteroatoms. The third-order valence-corrected chi connectivity index (χ3v) is 2.76. The van der Waals surface area contributed by atoms with E-state index in [0.29, 0.717) is 0 Å². The zero-order valence-electron chi connectivity index (χ0n) is 9.78. The smallest absolute Gasteiger partial charge is 0.326 e. The molecule has 0 bridgehead atoms. The molecule has 2 N–H and O–H groups in total. The maximum atomic E-state index is 11.9. The Morgan fingerprint density at radius 1 is 1.33 bits per heavy atom. The Kier molecular flexibility index (Phi) is 4.93. The largest absolute Gasteiger partial charge is 0.480 e. The summed E-state index contributed by atoms with van der Waals surface area (Å²) in [5.74, 6) is -2.04. The van der Waals surface area contributed by atoms with Gasteiger partial charge < -0.3 is 10.4 Å². The first-order valence-electron chi connectivity index (χ1n) is 5.18. The molecular formula is C11H12Cl2N2O3. The Morgan fingerprint density at radius 2 is 1.94 bits per heavy atom. The van der Waals surface area contributed by atoms with E-state index in [1.807, 2.05) is 0 Å². The number of halogens is 2. The maximum Gasteiger partial charge on any atom is 0.326 e. The quantitative estimate of drug-likeness (QED) is 0.834. The second-order valence-corrected chi connectivity index (χ2v) is 4.79. The van der Waals surface area contributed by atoms with E-state index < -0.39 is 17.9 Å². The molecule has 5 nitrogen and oxygen atoms in total. The van der Waals surface area contributed by atoms with E-state index in [4.69, 9.17) is 28.3 Å². The Labute approximate surface area is 114 Å². The van der Waals surface area contributed by atoms with Gasteiger partial charge in [0.2, 0.25) is 0 Å². The number of aliphatic carboxylic acids is 1. The van der Waals surface area contributed by atoms with Crippen LogP contribution in [0, 0.1) is 5.92 Å². The summed E-state index contributed by atoms with van der Waals surface area (Å²) >= 11 is 11.5. The highest BCUT2D eigenvalue weighted by Crippen LogP contribution is 2.17. The second kappa shape index (κ2) is 6.02. The van der Waals surface area contributed by atoms with Gasteiger partial charge in [-0.1, -0.05) is 37.0 Å². The molecule has 0 radical (unpaired) electrons. The molecule has 0 aromatic carbocycles. The lowest BCUT2D eigenvalue weighted by atomic mass is 10.0. The summed E-state index contributed by atoms with van der Waals surface area (Å²) in [6.07, 6.45) is 0. The van der Waals surface area contributed by atoms with E-state index in [1.54, 1.807) is 13.8 Å². The summed E-state index contributed by atoms with van der Waals surface area (Å²) in [4.78, 5) is 26.6. The van der Waals surface area contributed by atoms with Crippen LogP contribution in [-0.2, 0) is 4.79 Å². The molecular weight excluding hydrogens is 279 g/mol. The second-order valence-electron chi connectivity index (χ2n) is 4.00. The van der Waals surface area contributed by atoms with Crippen molar-refractivity contribution in [3.63, 3.8) is 0 Å². The van der Waals surface area contributed by atoms with Crippen LogP contribution in [0.2, 0.25) is 10.2 Å². The molecule has 1 heterocycles. The molecule has 1 aromatic rings. The van der Waals surface area contributed by atoms with Gasteiger partial charge in [-0.05, 0) is 18.1 Å². The average molecular weight is 291 g/mol. The Morgan fingerprint density at radius 3 is 2.44 bits per heavy atom. The lowest BCUT2D eigenvalue weighted by molar-refractivity contribution is -0.140. The monoisotopic (exact) mass is 290 g/mol. The molecule has 0 aliphatic rings. The first kappa shape index (κ1) is 14.7. The van der Waals surface area contributed by atoms with Crippen LogP contribution in [0.1, 0.15) is 24.3 Å². The molecule has 0 saturated heterocycles. The third-order valence-electron chi connectivity index (χ3n) is 2.25. The van der Waals surface area contributed by atoms with Crippen molar-refractivity contribution < 1.29 is 14.7 Å². The van der Waals surface area contributed by atoms with Gasteiger partial charge in [0, 0.05) is 0 Å². The number of hydrogen-bond donors (Lipinski definition) is 2. The topological polar surface area (TPSA) is 79.3 Å². The number of carbonyl (C=O) groups excluding carboxylic acids is 1. The SMILES string of the molecule is CC(C)[C@H](NC(=O)c1nc(Cl)ccc1Cl)C(=O)O. The molecule has 1 atom stereocenters. The van der Waals surface area contributed by atoms with E-state index in [2.05, 4.69) is 10.3 Å². The number of aromatic nitrogens is 1. The van der Waals surface area contributed by atoms with Gasteiger partial charge in [0.05, 0.1) is 5.02 Å². The molecule has 0 aliphatic heterocycles. The van der Waals surface area contributed by atoms with Crippen LogP contribution < -0.4 is 5.32 Å². The van der Waals surface area contributed by atoms with Crippen LogP contribution in [0.25, 0.3) is 0 Å². The molecule has 0 fully saturated rings. The van der Waals surface area contributed by atoms with Crippen molar-refractivity contribution in [1.29, 1.82) is 0 Å². The van der Waals surface area contributed by atoms with Crippen molar-refractivity contribution in [2.45, 2.75) is 19.9 Å². The van der Waals surface area contributed by atoms with Crippen molar-refractivity contribution in [3.8, 4) is 0 Å². The third kappa shape index (κ3) is 3.58. The summed E-state index contributed by atoms with van der Waals surface area (Å²) in [6.45, 7) is 3.37. The highest BCUT2D eigenvalue weighted by molar-refractivity contribution is 6.34. The van der Waals surface area contributed by atoms with Gasteiger partial charge in [-0.2, -0.15) is 0 Å². The van der Waals surface area contributed by atoms with E-state index in [1.165, 1.54) is 12.1 Å². The molecule has 0 unspecified atom stereocenters. The predicted molar refractivity (Wildman–Crippen MR) is 68.0 cm³/mol. The minimum absolute atomic E-state index is 0.0870. The minimum Gasteiger partial charge on any atom is -0.480 e. The lowest BCUT2D eigenvalue weighted by Crippen LogP contribution is -2.44. The van der Waals surface area contributed by atoms with E-state index in [9.17, 15) is 9.59 Å². The molecule has 0 aliphatic carbocycles. The van der Waals surface area contributed by atoms with Crippen molar-refractivity contribution in [1.82, 2.24) is 10.3 Å². The van der Waals surface area contributed by atoms with Gasteiger partial charge in [0.1, 0.15) is 16.9 Å². The van der Waals surface area contributed by atoms with Crippen molar-refractivity contribution in [2.75, 3.05) is 0 Å². The molecule has 1 amide bonds. The molecule has 1 rings (SSSR count). The first-order chi connectivity index (χ1) is 8.32. The fraction of sp³-hybridized carbons (Fsp3) is 0.364.